The summed E-state index contributed by atoms with van der Waals surface area (Å²) in [6.45, 7) is 1.98. The third-order valence-corrected chi connectivity index (χ3v) is 3.95. The van der Waals surface area contributed by atoms with E-state index in [1.807, 2.05) is 25.1 Å². The Morgan fingerprint density at radius 2 is 2.12 bits per heavy atom. The topological polar surface area (TPSA) is 38.9 Å². The van der Waals surface area contributed by atoms with Gasteiger partial charge in [0.2, 0.25) is 0 Å². The SMILES string of the molecule is CC(N)c1ccc(Sc2ccccn2)cc1Br. The molecule has 0 saturated carbocycles. The van der Waals surface area contributed by atoms with Crippen LogP contribution in [-0.4, -0.2) is 4.98 Å². The summed E-state index contributed by atoms with van der Waals surface area (Å²) in [5.41, 5.74) is 6.99. The van der Waals surface area contributed by atoms with Gasteiger partial charge >= 0.3 is 0 Å². The van der Waals surface area contributed by atoms with Crippen LogP contribution < -0.4 is 5.73 Å². The lowest BCUT2D eigenvalue weighted by Crippen LogP contribution is -2.05. The summed E-state index contributed by atoms with van der Waals surface area (Å²) in [4.78, 5) is 5.44. The van der Waals surface area contributed by atoms with Gasteiger partial charge in [-0.05, 0) is 36.8 Å². The van der Waals surface area contributed by atoms with E-state index in [0.29, 0.717) is 0 Å². The Labute approximate surface area is 114 Å². The van der Waals surface area contributed by atoms with Crippen LogP contribution in [0.1, 0.15) is 18.5 Å². The first kappa shape index (κ1) is 12.6. The largest absolute Gasteiger partial charge is 0.324 e. The maximum Gasteiger partial charge on any atom is 0.101 e. The summed E-state index contributed by atoms with van der Waals surface area (Å²) in [6, 6.07) is 12.1. The average molecular weight is 309 g/mol. The van der Waals surface area contributed by atoms with Crippen LogP contribution in [-0.2, 0) is 0 Å². The standard InChI is InChI=1S/C13H13BrN2S/c1-9(15)11-6-5-10(8-12(11)14)17-13-4-2-3-7-16-13/h2-9H,15H2,1H3. The number of hydrogen-bond donors (Lipinski definition) is 1. The van der Waals surface area contributed by atoms with Crippen molar-refractivity contribution in [1.82, 2.24) is 4.98 Å². The van der Waals surface area contributed by atoms with Crippen LogP contribution in [0.3, 0.4) is 0 Å². The van der Waals surface area contributed by atoms with E-state index >= 15 is 0 Å². The van der Waals surface area contributed by atoms with Gasteiger partial charge in [-0.3, -0.25) is 0 Å². The molecule has 1 unspecified atom stereocenters. The second kappa shape index (κ2) is 5.67. The Morgan fingerprint density at radius 3 is 2.71 bits per heavy atom. The van der Waals surface area contributed by atoms with Crippen LogP contribution in [0.4, 0.5) is 0 Å². The molecule has 4 heteroatoms. The van der Waals surface area contributed by atoms with Gasteiger partial charge in [-0.1, -0.05) is 39.8 Å². The number of pyridine rings is 1. The van der Waals surface area contributed by atoms with Crippen LogP contribution in [0.2, 0.25) is 0 Å². The molecule has 0 radical (unpaired) electrons. The Morgan fingerprint density at radius 1 is 1.29 bits per heavy atom. The Balaban J connectivity index is 2.21. The molecule has 0 spiro atoms. The highest BCUT2D eigenvalue weighted by Gasteiger charge is 2.06. The fourth-order valence-corrected chi connectivity index (χ4v) is 3.17. The maximum atomic E-state index is 5.87. The summed E-state index contributed by atoms with van der Waals surface area (Å²) < 4.78 is 1.05. The molecule has 1 aromatic carbocycles. The van der Waals surface area contributed by atoms with Gasteiger partial charge in [0.25, 0.3) is 0 Å². The molecular weight excluding hydrogens is 296 g/mol. The Bertz CT molecular complexity index is 500. The molecule has 0 aliphatic rings. The zero-order chi connectivity index (χ0) is 12.3. The molecule has 0 aliphatic carbocycles. The van der Waals surface area contributed by atoms with Gasteiger partial charge in [0.1, 0.15) is 5.03 Å². The Hall–Kier alpha value is -0.840. The fourth-order valence-electron chi connectivity index (χ4n) is 1.47. The van der Waals surface area contributed by atoms with Crippen molar-refractivity contribution >= 4 is 27.7 Å². The van der Waals surface area contributed by atoms with Crippen molar-refractivity contribution in [2.45, 2.75) is 22.9 Å². The molecule has 1 atom stereocenters. The minimum absolute atomic E-state index is 0.0401. The molecule has 0 aliphatic heterocycles. The van der Waals surface area contributed by atoms with Crippen molar-refractivity contribution < 1.29 is 0 Å². The van der Waals surface area contributed by atoms with Gasteiger partial charge in [-0.2, -0.15) is 0 Å². The van der Waals surface area contributed by atoms with Crippen molar-refractivity contribution in [2.75, 3.05) is 0 Å². The van der Waals surface area contributed by atoms with E-state index in [4.69, 9.17) is 5.73 Å². The first-order chi connectivity index (χ1) is 8.16. The van der Waals surface area contributed by atoms with Gasteiger partial charge in [0.05, 0.1) is 0 Å². The number of nitrogens with zero attached hydrogens (tertiary/aromatic N) is 1. The average Bonchev–Trinajstić information content (AvgIpc) is 2.30. The van der Waals surface area contributed by atoms with E-state index in [0.717, 1.165) is 20.0 Å². The van der Waals surface area contributed by atoms with Gasteiger partial charge in [0.15, 0.2) is 0 Å². The highest BCUT2D eigenvalue weighted by Crippen LogP contribution is 2.31. The van der Waals surface area contributed by atoms with Crippen molar-refractivity contribution in [3.8, 4) is 0 Å². The predicted octanol–water partition coefficient (Wildman–Crippen LogP) is 4.02. The van der Waals surface area contributed by atoms with Crippen LogP contribution >= 0.6 is 27.7 Å². The smallest absolute Gasteiger partial charge is 0.101 e. The molecule has 1 heterocycles. The zero-order valence-electron chi connectivity index (χ0n) is 9.43. The van der Waals surface area contributed by atoms with Gasteiger partial charge in [-0.15, -0.1) is 0 Å². The molecular formula is C13H13BrN2S. The number of aromatic nitrogens is 1. The van der Waals surface area contributed by atoms with Crippen LogP contribution in [0, 0.1) is 0 Å². The summed E-state index contributed by atoms with van der Waals surface area (Å²) in [6.07, 6.45) is 1.80. The minimum atomic E-state index is 0.0401. The lowest BCUT2D eigenvalue weighted by molar-refractivity contribution is 0.811. The number of halogens is 1. The molecule has 0 saturated heterocycles. The summed E-state index contributed by atoms with van der Waals surface area (Å²) in [5.74, 6) is 0. The van der Waals surface area contributed by atoms with Crippen LogP contribution in [0.25, 0.3) is 0 Å². The molecule has 2 rings (SSSR count). The second-order valence-electron chi connectivity index (χ2n) is 3.74. The lowest BCUT2D eigenvalue weighted by atomic mass is 10.1. The summed E-state index contributed by atoms with van der Waals surface area (Å²) in [5, 5.41) is 0.993. The first-order valence-electron chi connectivity index (χ1n) is 5.31. The van der Waals surface area contributed by atoms with Crippen molar-refractivity contribution in [2.24, 2.45) is 5.73 Å². The fraction of sp³-hybridized carbons (Fsp3) is 0.154. The number of nitrogens with two attached hydrogens (primary N) is 1. The van der Waals surface area contributed by atoms with Crippen molar-refractivity contribution in [3.63, 3.8) is 0 Å². The third-order valence-electron chi connectivity index (χ3n) is 2.32. The van der Waals surface area contributed by atoms with Crippen LogP contribution in [0.5, 0.6) is 0 Å². The van der Waals surface area contributed by atoms with E-state index in [1.165, 1.54) is 0 Å². The Kier molecular flexibility index (Phi) is 4.20. The summed E-state index contributed by atoms with van der Waals surface area (Å²) in [7, 11) is 0. The monoisotopic (exact) mass is 308 g/mol. The van der Waals surface area contributed by atoms with Gasteiger partial charge < -0.3 is 5.73 Å². The molecule has 0 amide bonds. The number of benzene rings is 1. The second-order valence-corrected chi connectivity index (χ2v) is 5.69. The molecule has 0 bridgehead atoms. The van der Waals surface area contributed by atoms with E-state index in [1.54, 1.807) is 18.0 Å². The molecule has 17 heavy (non-hydrogen) atoms. The highest BCUT2D eigenvalue weighted by molar-refractivity contribution is 9.10. The lowest BCUT2D eigenvalue weighted by Gasteiger charge is -2.09. The van der Waals surface area contributed by atoms with Gasteiger partial charge in [0, 0.05) is 21.6 Å². The highest BCUT2D eigenvalue weighted by atomic mass is 79.9. The van der Waals surface area contributed by atoms with Crippen molar-refractivity contribution in [1.29, 1.82) is 0 Å². The first-order valence-corrected chi connectivity index (χ1v) is 6.91. The van der Waals surface area contributed by atoms with Gasteiger partial charge in [-0.25, -0.2) is 4.98 Å². The van der Waals surface area contributed by atoms with Crippen molar-refractivity contribution in [3.05, 3.63) is 52.6 Å². The van der Waals surface area contributed by atoms with E-state index in [9.17, 15) is 0 Å². The van der Waals surface area contributed by atoms with Crippen LogP contribution in [0.15, 0.2) is 57.0 Å². The number of rotatable bonds is 3. The third kappa shape index (κ3) is 3.31. The molecule has 0 fully saturated rings. The van der Waals surface area contributed by atoms with E-state index in [-0.39, 0.29) is 6.04 Å². The molecule has 2 aromatic rings. The summed E-state index contributed by atoms with van der Waals surface area (Å²) >= 11 is 5.19. The molecule has 2 N–H and O–H groups in total. The zero-order valence-corrected chi connectivity index (χ0v) is 11.8. The maximum absolute atomic E-state index is 5.87. The molecule has 1 aromatic heterocycles. The van der Waals surface area contributed by atoms with E-state index < -0.39 is 0 Å². The molecule has 88 valence electrons. The normalized spacial score (nSPS) is 12.4. The quantitative estimate of drug-likeness (QED) is 0.931. The minimum Gasteiger partial charge on any atom is -0.324 e. The molecule has 2 nitrogen and oxygen atoms in total. The predicted molar refractivity (Wildman–Crippen MR) is 75.1 cm³/mol. The van der Waals surface area contributed by atoms with E-state index in [2.05, 4.69) is 39.1 Å². The number of hydrogen-bond acceptors (Lipinski definition) is 3.